The van der Waals surface area contributed by atoms with Gasteiger partial charge in [-0.15, -0.1) is 6.58 Å². The van der Waals surface area contributed by atoms with Crippen molar-refractivity contribution in [3.63, 3.8) is 0 Å². The molecule has 0 radical (unpaired) electrons. The van der Waals surface area contributed by atoms with E-state index >= 15 is 0 Å². The van der Waals surface area contributed by atoms with Crippen molar-refractivity contribution >= 4 is 5.91 Å². The third-order valence-corrected chi connectivity index (χ3v) is 5.58. The predicted octanol–water partition coefficient (Wildman–Crippen LogP) is 4.51. The average molecular weight is 391 g/mol. The molecule has 4 nitrogen and oxygen atoms in total. The van der Waals surface area contributed by atoms with Gasteiger partial charge in [-0.1, -0.05) is 6.08 Å². The molecule has 0 bridgehead atoms. The van der Waals surface area contributed by atoms with E-state index in [0.29, 0.717) is 11.7 Å². The van der Waals surface area contributed by atoms with Crippen LogP contribution in [0.4, 0.5) is 4.39 Å². The number of carbonyl (C=O) groups excluding carboxylic acids is 1. The van der Waals surface area contributed by atoms with E-state index in [4.69, 9.17) is 4.74 Å². The predicted molar refractivity (Wildman–Crippen MR) is 112 cm³/mol. The van der Waals surface area contributed by atoms with Gasteiger partial charge in [0.25, 0.3) is 5.91 Å². The smallest absolute Gasteiger partial charge is 0.253 e. The Morgan fingerprint density at radius 2 is 1.82 bits per heavy atom. The van der Waals surface area contributed by atoms with Crippen molar-refractivity contribution in [1.82, 2.24) is 9.80 Å². The lowest BCUT2D eigenvalue weighted by molar-refractivity contribution is 0.00902. The molecule has 1 aromatic rings. The molecule has 0 atom stereocenters. The average Bonchev–Trinajstić information content (AvgIpc) is 2.71. The van der Waals surface area contributed by atoms with E-state index in [9.17, 15) is 9.18 Å². The SMILES string of the molecule is C=CCN(C)CCCCCOC1CCC(N(C)C(=O)c2ccc(F)cc2)CC1. The second-order valence-electron chi connectivity index (χ2n) is 7.84. The molecule has 0 aliphatic heterocycles. The first-order valence-corrected chi connectivity index (χ1v) is 10.4. The molecule has 0 unspecified atom stereocenters. The third kappa shape index (κ3) is 7.36. The second-order valence-corrected chi connectivity index (χ2v) is 7.84. The van der Waals surface area contributed by atoms with Crippen LogP contribution in [-0.4, -0.2) is 61.6 Å². The summed E-state index contributed by atoms with van der Waals surface area (Å²) in [5.41, 5.74) is 0.543. The normalized spacial score (nSPS) is 19.6. The van der Waals surface area contributed by atoms with Gasteiger partial charge in [-0.25, -0.2) is 4.39 Å². The van der Waals surface area contributed by atoms with Gasteiger partial charge in [-0.2, -0.15) is 0 Å². The summed E-state index contributed by atoms with van der Waals surface area (Å²) in [4.78, 5) is 16.6. The van der Waals surface area contributed by atoms with E-state index in [1.807, 2.05) is 18.0 Å². The van der Waals surface area contributed by atoms with Crippen molar-refractivity contribution in [2.75, 3.05) is 33.8 Å². The summed E-state index contributed by atoms with van der Waals surface area (Å²) in [5.74, 6) is -0.355. The summed E-state index contributed by atoms with van der Waals surface area (Å²) in [5, 5.41) is 0. The maximum absolute atomic E-state index is 13.0. The highest BCUT2D eigenvalue weighted by atomic mass is 19.1. The summed E-state index contributed by atoms with van der Waals surface area (Å²) >= 11 is 0. The number of unbranched alkanes of at least 4 members (excludes halogenated alkanes) is 2. The largest absolute Gasteiger partial charge is 0.378 e. The Kier molecular flexibility index (Phi) is 9.65. The molecule has 1 saturated carbocycles. The van der Waals surface area contributed by atoms with Crippen molar-refractivity contribution in [3.05, 3.63) is 48.3 Å². The topological polar surface area (TPSA) is 32.8 Å². The Labute approximate surface area is 169 Å². The Hall–Kier alpha value is -1.72. The molecule has 2 rings (SSSR count). The van der Waals surface area contributed by atoms with Gasteiger partial charge in [0.15, 0.2) is 0 Å². The number of rotatable bonds is 11. The first kappa shape index (κ1) is 22.6. The van der Waals surface area contributed by atoms with Gasteiger partial charge in [0.05, 0.1) is 6.10 Å². The minimum Gasteiger partial charge on any atom is -0.378 e. The molecule has 1 fully saturated rings. The summed E-state index contributed by atoms with van der Waals surface area (Å²) in [6.07, 6.45) is 9.63. The highest BCUT2D eigenvalue weighted by Gasteiger charge is 2.27. The van der Waals surface area contributed by atoms with Crippen LogP contribution < -0.4 is 0 Å². The van der Waals surface area contributed by atoms with Crippen LogP contribution in [0.3, 0.4) is 0 Å². The molecular formula is C23H35FN2O2. The molecule has 0 spiro atoms. The van der Waals surface area contributed by atoms with Crippen molar-refractivity contribution in [2.45, 2.75) is 57.1 Å². The number of nitrogens with zero attached hydrogens (tertiary/aromatic N) is 2. The van der Waals surface area contributed by atoms with E-state index in [1.54, 1.807) is 12.1 Å². The van der Waals surface area contributed by atoms with Gasteiger partial charge in [0, 0.05) is 31.8 Å². The van der Waals surface area contributed by atoms with E-state index in [1.165, 1.54) is 25.0 Å². The van der Waals surface area contributed by atoms with Crippen LogP contribution in [-0.2, 0) is 4.74 Å². The minimum absolute atomic E-state index is 0.0363. The van der Waals surface area contributed by atoms with Crippen LogP contribution in [0, 0.1) is 5.82 Å². The fraction of sp³-hybridized carbons (Fsp3) is 0.609. The number of benzene rings is 1. The second kappa shape index (κ2) is 12.0. The molecule has 0 aromatic heterocycles. The van der Waals surface area contributed by atoms with Gasteiger partial charge in [0.2, 0.25) is 0 Å². The first-order chi connectivity index (χ1) is 13.5. The van der Waals surface area contributed by atoms with Crippen LogP contribution in [0.25, 0.3) is 0 Å². The third-order valence-electron chi connectivity index (χ3n) is 5.58. The molecule has 156 valence electrons. The molecule has 1 aliphatic rings. The first-order valence-electron chi connectivity index (χ1n) is 10.4. The van der Waals surface area contributed by atoms with Gasteiger partial charge in [0.1, 0.15) is 5.82 Å². The highest BCUT2D eigenvalue weighted by molar-refractivity contribution is 5.94. The summed E-state index contributed by atoms with van der Waals surface area (Å²) < 4.78 is 19.1. The maximum Gasteiger partial charge on any atom is 0.253 e. The molecule has 1 aliphatic carbocycles. The van der Waals surface area contributed by atoms with Gasteiger partial charge >= 0.3 is 0 Å². The lowest BCUT2D eigenvalue weighted by atomic mass is 9.91. The van der Waals surface area contributed by atoms with Crippen molar-refractivity contribution < 1.29 is 13.9 Å². The zero-order valence-corrected chi connectivity index (χ0v) is 17.4. The zero-order chi connectivity index (χ0) is 20.4. The summed E-state index contributed by atoms with van der Waals surface area (Å²) in [6, 6.07) is 6.01. The Bertz CT molecular complexity index is 597. The number of hydrogen-bond donors (Lipinski definition) is 0. The van der Waals surface area contributed by atoms with Crippen LogP contribution in [0.2, 0.25) is 0 Å². The molecule has 0 heterocycles. The molecule has 1 amide bonds. The summed E-state index contributed by atoms with van der Waals surface area (Å²) in [6.45, 7) is 6.63. The summed E-state index contributed by atoms with van der Waals surface area (Å²) in [7, 11) is 3.97. The van der Waals surface area contributed by atoms with Crippen LogP contribution >= 0.6 is 0 Å². The van der Waals surface area contributed by atoms with Gasteiger partial charge in [-0.05, 0) is 82.8 Å². The maximum atomic E-state index is 13.0. The van der Waals surface area contributed by atoms with E-state index < -0.39 is 0 Å². The van der Waals surface area contributed by atoms with Crippen molar-refractivity contribution in [1.29, 1.82) is 0 Å². The Morgan fingerprint density at radius 3 is 2.46 bits per heavy atom. The van der Waals surface area contributed by atoms with Crippen LogP contribution in [0.15, 0.2) is 36.9 Å². The number of ether oxygens (including phenoxy) is 1. The number of hydrogen-bond acceptors (Lipinski definition) is 3. The standard InChI is InChI=1S/C23H35FN2O2/c1-4-16-25(2)17-6-5-7-18-28-22-14-12-21(13-15-22)26(3)23(27)19-8-10-20(24)11-9-19/h4,8-11,21-22H,1,5-7,12-18H2,2-3H3. The van der Waals surface area contributed by atoms with Gasteiger partial charge in [-0.3, -0.25) is 4.79 Å². The van der Waals surface area contributed by atoms with E-state index in [0.717, 1.165) is 51.8 Å². The van der Waals surface area contributed by atoms with Crippen LogP contribution in [0.5, 0.6) is 0 Å². The number of carbonyl (C=O) groups is 1. The molecule has 0 saturated heterocycles. The monoisotopic (exact) mass is 390 g/mol. The quantitative estimate of drug-likeness (QED) is 0.412. The fourth-order valence-corrected chi connectivity index (χ4v) is 3.78. The fourth-order valence-electron chi connectivity index (χ4n) is 3.78. The number of likely N-dealkylation sites (N-methyl/N-ethyl adjacent to an activating group) is 1. The lowest BCUT2D eigenvalue weighted by Gasteiger charge is -2.34. The molecule has 28 heavy (non-hydrogen) atoms. The molecule has 1 aromatic carbocycles. The Morgan fingerprint density at radius 1 is 1.14 bits per heavy atom. The minimum atomic E-state index is -0.319. The van der Waals surface area contributed by atoms with Crippen LogP contribution in [0.1, 0.15) is 55.3 Å². The number of amides is 1. The zero-order valence-electron chi connectivity index (χ0n) is 17.4. The van der Waals surface area contributed by atoms with E-state index in [-0.39, 0.29) is 17.8 Å². The Balaban J connectivity index is 1.61. The lowest BCUT2D eigenvalue weighted by Crippen LogP contribution is -2.40. The molecule has 5 heteroatoms. The van der Waals surface area contributed by atoms with Crippen molar-refractivity contribution in [2.24, 2.45) is 0 Å². The highest BCUT2D eigenvalue weighted by Crippen LogP contribution is 2.25. The molecular weight excluding hydrogens is 355 g/mol. The van der Waals surface area contributed by atoms with E-state index in [2.05, 4.69) is 18.5 Å². The number of halogens is 1. The van der Waals surface area contributed by atoms with Gasteiger partial charge < -0.3 is 14.5 Å². The molecule has 0 N–H and O–H groups in total. The van der Waals surface area contributed by atoms with Crippen molar-refractivity contribution in [3.8, 4) is 0 Å².